The molecule has 2 unspecified atom stereocenters. The van der Waals surface area contributed by atoms with Crippen LogP contribution in [0.5, 0.6) is 11.5 Å². The highest BCUT2D eigenvalue weighted by atomic mass is 35.5. The zero-order valence-corrected chi connectivity index (χ0v) is 21.6. The largest absolute Gasteiger partial charge is 0.486 e. The Kier molecular flexibility index (Phi) is 6.17. The minimum atomic E-state index is -0.646. The molecular formula is C29H29ClN2O4. The van der Waals surface area contributed by atoms with Crippen LogP contribution in [0.2, 0.25) is 5.02 Å². The van der Waals surface area contributed by atoms with E-state index in [4.69, 9.17) is 21.1 Å². The molecule has 5 rings (SSSR count). The van der Waals surface area contributed by atoms with Crippen molar-refractivity contribution in [3.8, 4) is 11.5 Å². The molecular weight excluding hydrogens is 476 g/mol. The summed E-state index contributed by atoms with van der Waals surface area (Å²) in [6.45, 7) is 7.20. The number of fused-ring (bicyclic) bond motifs is 2. The Balaban J connectivity index is 1.73. The monoisotopic (exact) mass is 504 g/mol. The van der Waals surface area contributed by atoms with Gasteiger partial charge in [0.1, 0.15) is 13.2 Å². The van der Waals surface area contributed by atoms with E-state index in [2.05, 4.69) is 26.1 Å². The average molecular weight is 505 g/mol. The van der Waals surface area contributed by atoms with Gasteiger partial charge >= 0.3 is 0 Å². The van der Waals surface area contributed by atoms with E-state index in [1.54, 1.807) is 18.0 Å². The molecule has 2 amide bonds. The third-order valence-electron chi connectivity index (χ3n) is 6.81. The first-order valence-electron chi connectivity index (χ1n) is 12.0. The lowest BCUT2D eigenvalue weighted by molar-refractivity contribution is -0.122. The van der Waals surface area contributed by atoms with Crippen molar-refractivity contribution in [2.45, 2.75) is 38.1 Å². The van der Waals surface area contributed by atoms with Gasteiger partial charge in [0.15, 0.2) is 11.5 Å². The van der Waals surface area contributed by atoms with Crippen molar-refractivity contribution < 1.29 is 19.1 Å². The molecule has 3 aromatic rings. The van der Waals surface area contributed by atoms with Crippen LogP contribution < -0.4 is 19.7 Å². The van der Waals surface area contributed by atoms with E-state index >= 15 is 0 Å². The number of carbonyl (C=O) groups excluding carboxylic acids is 2. The van der Waals surface area contributed by atoms with Crippen molar-refractivity contribution in [2.75, 3.05) is 25.2 Å². The fourth-order valence-corrected chi connectivity index (χ4v) is 5.56. The van der Waals surface area contributed by atoms with Gasteiger partial charge in [-0.1, -0.05) is 62.7 Å². The van der Waals surface area contributed by atoms with E-state index in [-0.39, 0.29) is 17.2 Å². The lowest BCUT2D eigenvalue weighted by Crippen LogP contribution is -2.47. The molecule has 2 aliphatic heterocycles. The number of benzene rings is 3. The van der Waals surface area contributed by atoms with Crippen LogP contribution in [-0.2, 0) is 10.2 Å². The summed E-state index contributed by atoms with van der Waals surface area (Å²) in [6, 6.07) is 18.0. The molecule has 36 heavy (non-hydrogen) atoms. The van der Waals surface area contributed by atoms with Crippen molar-refractivity contribution in [1.82, 2.24) is 5.32 Å². The maximum absolute atomic E-state index is 14.0. The molecule has 0 bridgehead atoms. The number of halogens is 1. The maximum atomic E-state index is 14.0. The number of likely N-dealkylation sites (N-methyl/N-ethyl adjacent to an activating group) is 1. The minimum absolute atomic E-state index is 0.159. The first-order chi connectivity index (χ1) is 17.2. The molecule has 0 aliphatic carbocycles. The lowest BCUT2D eigenvalue weighted by atomic mass is 9.78. The highest BCUT2D eigenvalue weighted by Gasteiger charge is 2.45. The van der Waals surface area contributed by atoms with E-state index in [9.17, 15) is 9.59 Å². The van der Waals surface area contributed by atoms with Gasteiger partial charge in [-0.3, -0.25) is 14.5 Å². The number of nitrogens with one attached hydrogen (secondary N) is 1. The van der Waals surface area contributed by atoms with Crippen molar-refractivity contribution in [3.05, 3.63) is 87.9 Å². The van der Waals surface area contributed by atoms with Crippen LogP contribution in [0, 0.1) is 0 Å². The Hall–Kier alpha value is -3.51. The zero-order valence-electron chi connectivity index (χ0n) is 20.8. The number of hydrogen-bond donors (Lipinski definition) is 1. The summed E-state index contributed by atoms with van der Waals surface area (Å²) in [5, 5.41) is 3.38. The molecule has 2 atom stereocenters. The topological polar surface area (TPSA) is 67.9 Å². The van der Waals surface area contributed by atoms with E-state index in [0.717, 1.165) is 11.1 Å². The fourth-order valence-electron chi connectivity index (χ4n) is 5.10. The summed E-state index contributed by atoms with van der Waals surface area (Å²) < 4.78 is 11.5. The summed E-state index contributed by atoms with van der Waals surface area (Å²) >= 11 is 6.74. The highest BCUT2D eigenvalue weighted by Crippen LogP contribution is 2.47. The molecule has 2 heterocycles. The van der Waals surface area contributed by atoms with Gasteiger partial charge in [0, 0.05) is 23.3 Å². The molecule has 0 aromatic heterocycles. The third kappa shape index (κ3) is 4.09. The Morgan fingerprint density at radius 2 is 1.72 bits per heavy atom. The second kappa shape index (κ2) is 9.17. The van der Waals surface area contributed by atoms with Gasteiger partial charge in [-0.15, -0.1) is 0 Å². The first kappa shape index (κ1) is 24.2. The number of carbonyl (C=O) groups is 2. The third-order valence-corrected chi connectivity index (χ3v) is 7.13. The molecule has 6 nitrogen and oxygen atoms in total. The number of amides is 2. The summed E-state index contributed by atoms with van der Waals surface area (Å²) in [6.07, 6.45) is 0. The molecule has 0 saturated carbocycles. The molecule has 0 fully saturated rings. The Labute approximate surface area is 216 Å². The molecule has 3 aromatic carbocycles. The quantitative estimate of drug-likeness (QED) is 0.501. The number of anilines is 1. The summed E-state index contributed by atoms with van der Waals surface area (Å²) in [4.78, 5) is 29.1. The average Bonchev–Trinajstić information content (AvgIpc) is 2.87. The van der Waals surface area contributed by atoms with Gasteiger partial charge < -0.3 is 14.8 Å². The molecule has 7 heteroatoms. The smallest absolute Gasteiger partial charge is 0.259 e. The zero-order chi connectivity index (χ0) is 25.6. The molecule has 0 saturated heterocycles. The number of ether oxygens (including phenoxy) is 2. The Morgan fingerprint density at radius 1 is 1.00 bits per heavy atom. The van der Waals surface area contributed by atoms with E-state index < -0.39 is 12.0 Å². The van der Waals surface area contributed by atoms with Crippen molar-refractivity contribution >= 4 is 29.1 Å². The summed E-state index contributed by atoms with van der Waals surface area (Å²) in [5.74, 6) is 0.227. The predicted octanol–water partition coefficient (Wildman–Crippen LogP) is 5.64. The lowest BCUT2D eigenvalue weighted by Gasteiger charge is -2.42. The van der Waals surface area contributed by atoms with Crippen LogP contribution in [0.3, 0.4) is 0 Å². The van der Waals surface area contributed by atoms with Gasteiger partial charge in [-0.25, -0.2) is 0 Å². The molecule has 0 spiro atoms. The van der Waals surface area contributed by atoms with E-state index in [0.29, 0.717) is 46.5 Å². The van der Waals surface area contributed by atoms with Crippen LogP contribution in [-0.4, -0.2) is 32.1 Å². The normalized spacial score (nSPS) is 19.0. The van der Waals surface area contributed by atoms with Gasteiger partial charge in [0.05, 0.1) is 12.0 Å². The van der Waals surface area contributed by atoms with Crippen molar-refractivity contribution in [1.29, 1.82) is 0 Å². The molecule has 186 valence electrons. The Bertz CT molecular complexity index is 1350. The van der Waals surface area contributed by atoms with Crippen LogP contribution in [0.25, 0.3) is 0 Å². The number of rotatable bonds is 3. The van der Waals surface area contributed by atoms with E-state index in [1.165, 1.54) is 0 Å². The van der Waals surface area contributed by atoms with E-state index in [1.807, 2.05) is 54.6 Å². The van der Waals surface area contributed by atoms with Crippen LogP contribution in [0.1, 0.15) is 59.8 Å². The van der Waals surface area contributed by atoms with Gasteiger partial charge in [-0.2, -0.15) is 0 Å². The predicted molar refractivity (Wildman–Crippen MR) is 140 cm³/mol. The maximum Gasteiger partial charge on any atom is 0.259 e. The molecule has 0 radical (unpaired) electrons. The summed E-state index contributed by atoms with van der Waals surface area (Å²) in [5.41, 5.74) is 3.41. The fraction of sp³-hybridized carbons (Fsp3) is 0.310. The Morgan fingerprint density at radius 3 is 2.42 bits per heavy atom. The second-order valence-electron chi connectivity index (χ2n) is 10.1. The highest BCUT2D eigenvalue weighted by molar-refractivity contribution is 6.32. The second-order valence-corrected chi connectivity index (χ2v) is 10.5. The summed E-state index contributed by atoms with van der Waals surface area (Å²) in [7, 11) is 1.61. The van der Waals surface area contributed by atoms with Gasteiger partial charge in [0.25, 0.3) is 5.91 Å². The van der Waals surface area contributed by atoms with Crippen LogP contribution >= 0.6 is 11.6 Å². The van der Waals surface area contributed by atoms with Crippen LogP contribution in [0.4, 0.5) is 5.69 Å². The molecule has 1 N–H and O–H groups in total. The van der Waals surface area contributed by atoms with Crippen molar-refractivity contribution in [2.24, 2.45) is 0 Å². The van der Waals surface area contributed by atoms with Gasteiger partial charge in [0.2, 0.25) is 5.91 Å². The van der Waals surface area contributed by atoms with Gasteiger partial charge in [-0.05, 0) is 52.4 Å². The molecule has 2 aliphatic rings. The minimum Gasteiger partial charge on any atom is -0.486 e. The SMILES string of the molecule is CNC(=O)C1c2ccccc2C(=O)N(c2ccc(C(C)(C)C)c(Cl)c2)C1c1ccc2c(c1)OCCO2. The first-order valence-corrected chi connectivity index (χ1v) is 12.4. The number of hydrogen-bond acceptors (Lipinski definition) is 4. The van der Waals surface area contributed by atoms with Crippen molar-refractivity contribution in [3.63, 3.8) is 0 Å². The number of nitrogens with zero attached hydrogens (tertiary/aromatic N) is 1. The standard InChI is InChI=1S/C29H29ClN2O4/c1-29(2,3)21-11-10-18(16-22(21)30)32-26(17-9-12-23-24(15-17)36-14-13-35-23)25(27(33)31-4)19-7-5-6-8-20(19)28(32)34/h5-12,15-16,25-26H,13-14H2,1-4H3,(H,31,33). The van der Waals surface area contributed by atoms with Crippen LogP contribution in [0.15, 0.2) is 60.7 Å².